The molecule has 0 spiro atoms. The van der Waals surface area contributed by atoms with Gasteiger partial charge in [0.1, 0.15) is 17.3 Å². The van der Waals surface area contributed by atoms with Crippen LogP contribution in [0.4, 0.5) is 5.82 Å². The predicted octanol–water partition coefficient (Wildman–Crippen LogP) is 4.33. The third-order valence-corrected chi connectivity index (χ3v) is 7.47. The summed E-state index contributed by atoms with van der Waals surface area (Å²) in [5, 5.41) is 1.80. The maximum atomic E-state index is 12.9. The van der Waals surface area contributed by atoms with Crippen LogP contribution in [0.3, 0.4) is 0 Å². The highest BCUT2D eigenvalue weighted by Gasteiger charge is 2.27. The van der Waals surface area contributed by atoms with Crippen molar-refractivity contribution in [1.29, 1.82) is 0 Å². The predicted molar refractivity (Wildman–Crippen MR) is 124 cm³/mol. The molecule has 1 aliphatic heterocycles. The Morgan fingerprint density at radius 1 is 1.16 bits per heavy atom. The van der Waals surface area contributed by atoms with E-state index in [-0.39, 0.29) is 5.91 Å². The number of hydrogen-bond donors (Lipinski definition) is 0. The molecule has 0 radical (unpaired) electrons. The lowest BCUT2D eigenvalue weighted by Gasteiger charge is -2.36. The van der Waals surface area contributed by atoms with E-state index in [2.05, 4.69) is 4.90 Å². The molecule has 1 aromatic carbocycles. The highest BCUT2D eigenvalue weighted by molar-refractivity contribution is 7.19. The van der Waals surface area contributed by atoms with Crippen LogP contribution in [-0.2, 0) is 24.2 Å². The number of ether oxygens (including phenoxy) is 1. The van der Waals surface area contributed by atoms with Crippen LogP contribution in [0.15, 0.2) is 24.3 Å². The van der Waals surface area contributed by atoms with Gasteiger partial charge in [0.05, 0.1) is 5.39 Å². The molecule has 3 heterocycles. The van der Waals surface area contributed by atoms with Gasteiger partial charge in [0.15, 0.2) is 5.82 Å². The number of rotatable bonds is 4. The van der Waals surface area contributed by atoms with E-state index >= 15 is 0 Å². The summed E-state index contributed by atoms with van der Waals surface area (Å²) in [7, 11) is 1.67. The molecule has 1 aliphatic carbocycles. The van der Waals surface area contributed by atoms with E-state index in [9.17, 15) is 4.79 Å². The number of amides is 1. The minimum Gasteiger partial charge on any atom is -0.377 e. The number of fused-ring (bicyclic) bond motifs is 3. The molecule has 1 fully saturated rings. The summed E-state index contributed by atoms with van der Waals surface area (Å²) in [5.74, 6) is 1.76. The lowest BCUT2D eigenvalue weighted by Crippen LogP contribution is -2.49. The van der Waals surface area contributed by atoms with Gasteiger partial charge < -0.3 is 14.5 Å². The van der Waals surface area contributed by atoms with Crippen molar-refractivity contribution in [3.05, 3.63) is 51.1 Å². The smallest absolute Gasteiger partial charge is 0.254 e. The average molecular weight is 457 g/mol. The first-order chi connectivity index (χ1) is 15.1. The van der Waals surface area contributed by atoms with Gasteiger partial charge in [0.25, 0.3) is 5.91 Å². The lowest BCUT2D eigenvalue weighted by molar-refractivity contribution is 0.0746. The van der Waals surface area contributed by atoms with Gasteiger partial charge in [0, 0.05) is 48.8 Å². The molecule has 6 nitrogen and oxygen atoms in total. The Balaban J connectivity index is 1.42. The fraction of sp³-hybridized carbons (Fsp3) is 0.435. The second kappa shape index (κ2) is 8.73. The Labute approximate surface area is 190 Å². The van der Waals surface area contributed by atoms with Crippen molar-refractivity contribution in [2.75, 3.05) is 38.2 Å². The zero-order valence-electron chi connectivity index (χ0n) is 17.6. The van der Waals surface area contributed by atoms with Crippen molar-refractivity contribution >= 4 is 44.9 Å². The van der Waals surface area contributed by atoms with Crippen LogP contribution >= 0.6 is 22.9 Å². The summed E-state index contributed by atoms with van der Waals surface area (Å²) >= 11 is 7.88. The summed E-state index contributed by atoms with van der Waals surface area (Å²) in [6.45, 7) is 3.20. The highest BCUT2D eigenvalue weighted by atomic mass is 35.5. The van der Waals surface area contributed by atoms with Crippen LogP contribution in [0.2, 0.25) is 5.02 Å². The van der Waals surface area contributed by atoms with Crippen molar-refractivity contribution in [3.63, 3.8) is 0 Å². The van der Waals surface area contributed by atoms with Crippen LogP contribution in [0.25, 0.3) is 10.2 Å². The summed E-state index contributed by atoms with van der Waals surface area (Å²) in [6.07, 6.45) is 4.71. The van der Waals surface area contributed by atoms with E-state index in [1.807, 2.05) is 28.4 Å². The molecule has 2 aromatic heterocycles. The first-order valence-corrected chi connectivity index (χ1v) is 11.9. The van der Waals surface area contributed by atoms with Crippen molar-refractivity contribution < 1.29 is 9.53 Å². The SMILES string of the molecule is COCc1nc(N2CCN(C(=O)c3cccc(Cl)c3)CC2)c2c3c(sc2n1)CCCC3. The van der Waals surface area contributed by atoms with Gasteiger partial charge in [-0.3, -0.25) is 4.79 Å². The number of carbonyl (C=O) groups is 1. The van der Waals surface area contributed by atoms with Gasteiger partial charge in [-0.15, -0.1) is 11.3 Å². The molecule has 1 amide bonds. The van der Waals surface area contributed by atoms with Crippen molar-refractivity contribution in [1.82, 2.24) is 14.9 Å². The second-order valence-corrected chi connectivity index (χ2v) is 9.60. The zero-order valence-corrected chi connectivity index (χ0v) is 19.1. The molecule has 1 saturated heterocycles. The van der Waals surface area contributed by atoms with Crippen LogP contribution in [-0.4, -0.2) is 54.1 Å². The third-order valence-electron chi connectivity index (χ3n) is 6.05. The Hall–Kier alpha value is -2.22. The van der Waals surface area contributed by atoms with Crippen molar-refractivity contribution in [2.24, 2.45) is 0 Å². The van der Waals surface area contributed by atoms with Crippen molar-refractivity contribution in [2.45, 2.75) is 32.3 Å². The molecule has 31 heavy (non-hydrogen) atoms. The van der Waals surface area contributed by atoms with Gasteiger partial charge in [-0.05, 0) is 49.4 Å². The van der Waals surface area contributed by atoms with Gasteiger partial charge in [-0.1, -0.05) is 17.7 Å². The third kappa shape index (κ3) is 4.02. The molecule has 2 aliphatic rings. The van der Waals surface area contributed by atoms with E-state index in [1.165, 1.54) is 28.7 Å². The Kier molecular flexibility index (Phi) is 5.82. The Morgan fingerprint density at radius 3 is 2.74 bits per heavy atom. The molecule has 0 N–H and O–H groups in total. The van der Waals surface area contributed by atoms with Crippen LogP contribution in [0, 0.1) is 0 Å². The number of piperazine rings is 1. The number of aromatic nitrogens is 2. The summed E-state index contributed by atoms with van der Waals surface area (Å²) in [4.78, 5) is 29.4. The minimum absolute atomic E-state index is 0.0305. The highest BCUT2D eigenvalue weighted by Crippen LogP contribution is 2.40. The van der Waals surface area contributed by atoms with E-state index in [0.717, 1.165) is 42.4 Å². The fourth-order valence-corrected chi connectivity index (χ4v) is 5.99. The molecule has 0 saturated carbocycles. The number of thiophene rings is 1. The van der Waals surface area contributed by atoms with E-state index in [4.69, 9.17) is 26.3 Å². The molecule has 3 aromatic rings. The second-order valence-electron chi connectivity index (χ2n) is 8.08. The number of hydrogen-bond acceptors (Lipinski definition) is 6. The van der Waals surface area contributed by atoms with E-state index in [0.29, 0.717) is 30.3 Å². The largest absolute Gasteiger partial charge is 0.377 e. The molecule has 8 heteroatoms. The number of nitrogens with zero attached hydrogens (tertiary/aromatic N) is 4. The summed E-state index contributed by atoms with van der Waals surface area (Å²) < 4.78 is 5.33. The standard InChI is InChI=1S/C23H25ClN4O2S/c1-30-14-19-25-21(20-17-7-2-3-8-18(17)31-22(20)26-19)27-9-11-28(12-10-27)23(29)15-5-4-6-16(24)13-15/h4-6,13H,2-3,7-12,14H2,1H3. The first-order valence-electron chi connectivity index (χ1n) is 10.7. The van der Waals surface area contributed by atoms with Crippen LogP contribution < -0.4 is 4.90 Å². The summed E-state index contributed by atoms with van der Waals surface area (Å²) in [6, 6.07) is 7.17. The monoisotopic (exact) mass is 456 g/mol. The molecule has 0 bridgehead atoms. The van der Waals surface area contributed by atoms with Gasteiger partial charge >= 0.3 is 0 Å². The Bertz CT molecular complexity index is 1120. The van der Waals surface area contributed by atoms with Gasteiger partial charge in [-0.25, -0.2) is 9.97 Å². The quantitative estimate of drug-likeness (QED) is 0.584. The molecular weight excluding hydrogens is 432 g/mol. The van der Waals surface area contributed by atoms with Crippen molar-refractivity contribution in [3.8, 4) is 0 Å². The lowest BCUT2D eigenvalue weighted by atomic mass is 9.97. The Morgan fingerprint density at radius 2 is 1.97 bits per heavy atom. The first kappa shape index (κ1) is 20.7. The maximum absolute atomic E-state index is 12.9. The maximum Gasteiger partial charge on any atom is 0.254 e. The minimum atomic E-state index is 0.0305. The molecular formula is C23H25ClN4O2S. The van der Waals surface area contributed by atoms with E-state index in [1.54, 1.807) is 19.2 Å². The van der Waals surface area contributed by atoms with E-state index < -0.39 is 0 Å². The molecule has 5 rings (SSSR count). The fourth-order valence-electron chi connectivity index (χ4n) is 4.53. The van der Waals surface area contributed by atoms with Crippen LogP contribution in [0.5, 0.6) is 0 Å². The van der Waals surface area contributed by atoms with Crippen LogP contribution in [0.1, 0.15) is 39.5 Å². The number of halogens is 1. The number of methoxy groups -OCH3 is 1. The zero-order chi connectivity index (χ0) is 21.4. The summed E-state index contributed by atoms with van der Waals surface area (Å²) in [5.41, 5.74) is 2.07. The molecule has 162 valence electrons. The normalized spacial score (nSPS) is 16.6. The van der Waals surface area contributed by atoms with Gasteiger partial charge in [0.2, 0.25) is 0 Å². The van der Waals surface area contributed by atoms with Gasteiger partial charge in [-0.2, -0.15) is 0 Å². The number of benzene rings is 1. The number of carbonyl (C=O) groups excluding carboxylic acids is 1. The molecule has 0 unspecified atom stereocenters. The topological polar surface area (TPSA) is 58.6 Å². The number of aryl methyl sites for hydroxylation is 2. The molecule has 0 atom stereocenters. The number of anilines is 1. The average Bonchev–Trinajstić information content (AvgIpc) is 3.17.